The lowest BCUT2D eigenvalue weighted by Gasteiger charge is -2.05. The Morgan fingerprint density at radius 1 is 1.50 bits per heavy atom. The van der Waals surface area contributed by atoms with Gasteiger partial charge in [0.2, 0.25) is 5.91 Å². The Kier molecular flexibility index (Phi) is 3.31. The zero-order valence-corrected chi connectivity index (χ0v) is 9.67. The lowest BCUT2D eigenvalue weighted by atomic mass is 10.4. The maximum atomic E-state index is 11.0. The van der Waals surface area contributed by atoms with Crippen LogP contribution in [0, 0.1) is 0 Å². The zero-order valence-electron chi connectivity index (χ0n) is 8.86. The van der Waals surface area contributed by atoms with E-state index in [1.807, 2.05) is 11.4 Å². The molecule has 0 saturated carbocycles. The van der Waals surface area contributed by atoms with Gasteiger partial charge in [0.15, 0.2) is 0 Å². The van der Waals surface area contributed by atoms with E-state index in [2.05, 4.69) is 20.6 Å². The van der Waals surface area contributed by atoms with E-state index < -0.39 is 0 Å². The molecule has 0 spiro atoms. The van der Waals surface area contributed by atoms with Crippen LogP contribution in [0.3, 0.4) is 0 Å². The van der Waals surface area contributed by atoms with Gasteiger partial charge in [-0.15, -0.1) is 11.3 Å². The standard InChI is InChI=1S/C10H12N4OS/c1-11-8(15)2-4-12-10-9-7(3-5-16-9)13-6-14-10/h3,5-6H,2,4H2,1H3,(H,11,15)(H,12,13,14). The summed E-state index contributed by atoms with van der Waals surface area (Å²) in [5.41, 5.74) is 0.933. The summed E-state index contributed by atoms with van der Waals surface area (Å²) in [7, 11) is 1.63. The number of aromatic nitrogens is 2. The van der Waals surface area contributed by atoms with Gasteiger partial charge in [-0.3, -0.25) is 4.79 Å². The van der Waals surface area contributed by atoms with Gasteiger partial charge in [-0.05, 0) is 11.4 Å². The zero-order chi connectivity index (χ0) is 11.4. The van der Waals surface area contributed by atoms with Crippen molar-refractivity contribution in [3.63, 3.8) is 0 Å². The van der Waals surface area contributed by atoms with Crippen LogP contribution in [0.2, 0.25) is 0 Å². The molecule has 0 unspecified atom stereocenters. The smallest absolute Gasteiger partial charge is 0.221 e. The van der Waals surface area contributed by atoms with Crippen molar-refractivity contribution in [1.82, 2.24) is 15.3 Å². The molecule has 0 atom stereocenters. The Balaban J connectivity index is 2.04. The number of anilines is 1. The Morgan fingerprint density at radius 2 is 2.38 bits per heavy atom. The minimum atomic E-state index is 0.0176. The van der Waals surface area contributed by atoms with Crippen molar-refractivity contribution in [3.05, 3.63) is 17.8 Å². The predicted octanol–water partition coefficient (Wildman–Crippen LogP) is 1.24. The molecule has 6 heteroatoms. The normalized spacial score (nSPS) is 10.3. The fourth-order valence-electron chi connectivity index (χ4n) is 1.33. The van der Waals surface area contributed by atoms with Crippen LogP contribution in [-0.2, 0) is 4.79 Å². The molecule has 0 fully saturated rings. The quantitative estimate of drug-likeness (QED) is 0.838. The van der Waals surface area contributed by atoms with E-state index in [1.165, 1.54) is 6.33 Å². The molecule has 84 valence electrons. The van der Waals surface area contributed by atoms with Gasteiger partial charge in [0.05, 0.1) is 10.2 Å². The van der Waals surface area contributed by atoms with Crippen molar-refractivity contribution in [2.75, 3.05) is 18.9 Å². The molecular formula is C10H12N4OS. The van der Waals surface area contributed by atoms with Gasteiger partial charge in [-0.2, -0.15) is 0 Å². The van der Waals surface area contributed by atoms with Crippen LogP contribution in [0.5, 0.6) is 0 Å². The van der Waals surface area contributed by atoms with Crippen LogP contribution in [0.25, 0.3) is 10.2 Å². The molecule has 0 aliphatic heterocycles. The van der Waals surface area contributed by atoms with Crippen molar-refractivity contribution in [1.29, 1.82) is 0 Å². The van der Waals surface area contributed by atoms with E-state index >= 15 is 0 Å². The van der Waals surface area contributed by atoms with E-state index in [1.54, 1.807) is 18.4 Å². The second kappa shape index (κ2) is 4.89. The molecule has 0 saturated heterocycles. The molecular weight excluding hydrogens is 224 g/mol. The number of amides is 1. The molecule has 0 radical (unpaired) electrons. The number of thiophene rings is 1. The summed E-state index contributed by atoms with van der Waals surface area (Å²) in [4.78, 5) is 19.3. The second-order valence-electron chi connectivity index (χ2n) is 3.21. The van der Waals surface area contributed by atoms with Crippen molar-refractivity contribution in [2.24, 2.45) is 0 Å². The molecule has 2 rings (SSSR count). The average molecular weight is 236 g/mol. The molecule has 0 aliphatic rings. The van der Waals surface area contributed by atoms with Crippen LogP contribution < -0.4 is 10.6 Å². The number of nitrogens with zero attached hydrogens (tertiary/aromatic N) is 2. The molecule has 0 bridgehead atoms. The average Bonchev–Trinajstić information content (AvgIpc) is 2.77. The Labute approximate surface area is 96.9 Å². The maximum absolute atomic E-state index is 11.0. The topological polar surface area (TPSA) is 66.9 Å². The highest BCUT2D eigenvalue weighted by molar-refractivity contribution is 7.17. The van der Waals surface area contributed by atoms with E-state index in [9.17, 15) is 4.79 Å². The molecule has 1 amide bonds. The third-order valence-corrected chi connectivity index (χ3v) is 3.08. The van der Waals surface area contributed by atoms with Crippen molar-refractivity contribution < 1.29 is 4.79 Å². The fraction of sp³-hybridized carbons (Fsp3) is 0.300. The first-order valence-corrected chi connectivity index (χ1v) is 5.82. The van der Waals surface area contributed by atoms with Crippen LogP contribution in [-0.4, -0.2) is 29.5 Å². The Morgan fingerprint density at radius 3 is 3.19 bits per heavy atom. The second-order valence-corrected chi connectivity index (χ2v) is 4.12. The van der Waals surface area contributed by atoms with Crippen LogP contribution >= 0.6 is 11.3 Å². The first-order chi connectivity index (χ1) is 7.81. The highest BCUT2D eigenvalue weighted by atomic mass is 32.1. The van der Waals surface area contributed by atoms with E-state index in [0.29, 0.717) is 13.0 Å². The number of fused-ring (bicyclic) bond motifs is 1. The summed E-state index contributed by atoms with van der Waals surface area (Å²) in [6.45, 7) is 0.573. The first-order valence-electron chi connectivity index (χ1n) is 4.94. The molecule has 0 aromatic carbocycles. The minimum absolute atomic E-state index is 0.0176. The Hall–Kier alpha value is -1.69. The van der Waals surface area contributed by atoms with E-state index in [4.69, 9.17) is 0 Å². The van der Waals surface area contributed by atoms with Crippen LogP contribution in [0.4, 0.5) is 5.82 Å². The third-order valence-electron chi connectivity index (χ3n) is 2.17. The highest BCUT2D eigenvalue weighted by Crippen LogP contribution is 2.24. The number of carbonyl (C=O) groups is 1. The summed E-state index contributed by atoms with van der Waals surface area (Å²) < 4.78 is 1.03. The number of carbonyl (C=O) groups excluding carboxylic acids is 1. The fourth-order valence-corrected chi connectivity index (χ4v) is 2.15. The van der Waals surface area contributed by atoms with E-state index in [-0.39, 0.29) is 5.91 Å². The number of nitrogens with one attached hydrogen (secondary N) is 2. The SMILES string of the molecule is CNC(=O)CCNc1ncnc2ccsc12. The van der Waals surface area contributed by atoms with Crippen molar-refractivity contribution in [2.45, 2.75) is 6.42 Å². The Bertz CT molecular complexity index is 496. The van der Waals surface area contributed by atoms with Crippen LogP contribution in [0.1, 0.15) is 6.42 Å². The molecule has 2 aromatic rings. The van der Waals surface area contributed by atoms with Gasteiger partial charge in [0, 0.05) is 20.0 Å². The van der Waals surface area contributed by atoms with Gasteiger partial charge in [0.1, 0.15) is 12.1 Å². The van der Waals surface area contributed by atoms with Gasteiger partial charge < -0.3 is 10.6 Å². The lowest BCUT2D eigenvalue weighted by Crippen LogP contribution is -2.21. The molecule has 2 N–H and O–H groups in total. The first kappa shape index (κ1) is 10.8. The summed E-state index contributed by atoms with van der Waals surface area (Å²) in [6, 6.07) is 1.95. The summed E-state index contributed by atoms with van der Waals surface area (Å²) >= 11 is 1.59. The molecule has 2 heterocycles. The molecule has 0 aliphatic carbocycles. The van der Waals surface area contributed by atoms with Crippen molar-refractivity contribution in [3.8, 4) is 0 Å². The van der Waals surface area contributed by atoms with Crippen molar-refractivity contribution >= 4 is 33.3 Å². The predicted molar refractivity (Wildman–Crippen MR) is 64.6 cm³/mol. The lowest BCUT2D eigenvalue weighted by molar-refractivity contribution is -0.120. The monoisotopic (exact) mass is 236 g/mol. The molecule has 5 nitrogen and oxygen atoms in total. The van der Waals surface area contributed by atoms with E-state index in [0.717, 1.165) is 16.0 Å². The number of hydrogen-bond acceptors (Lipinski definition) is 5. The largest absolute Gasteiger partial charge is 0.368 e. The summed E-state index contributed by atoms with van der Waals surface area (Å²) in [5, 5.41) is 7.69. The van der Waals surface area contributed by atoms with Gasteiger partial charge in [-0.1, -0.05) is 0 Å². The number of hydrogen-bond donors (Lipinski definition) is 2. The van der Waals surface area contributed by atoms with Gasteiger partial charge in [0.25, 0.3) is 0 Å². The van der Waals surface area contributed by atoms with Gasteiger partial charge >= 0.3 is 0 Å². The highest BCUT2D eigenvalue weighted by Gasteiger charge is 2.04. The molecule has 2 aromatic heterocycles. The summed E-state index contributed by atoms with van der Waals surface area (Å²) in [5.74, 6) is 0.813. The minimum Gasteiger partial charge on any atom is -0.368 e. The number of rotatable bonds is 4. The third kappa shape index (κ3) is 2.27. The van der Waals surface area contributed by atoms with Crippen LogP contribution in [0.15, 0.2) is 17.8 Å². The maximum Gasteiger partial charge on any atom is 0.221 e. The molecule has 16 heavy (non-hydrogen) atoms. The summed E-state index contributed by atoms with van der Waals surface area (Å²) in [6.07, 6.45) is 1.96. The van der Waals surface area contributed by atoms with Gasteiger partial charge in [-0.25, -0.2) is 9.97 Å².